The van der Waals surface area contributed by atoms with E-state index >= 15 is 0 Å². The molecule has 3 unspecified atom stereocenters. The van der Waals surface area contributed by atoms with Crippen LogP contribution in [0.5, 0.6) is 0 Å². The number of aromatic nitrogens is 4. The minimum atomic E-state index is -0.696. The first-order chi connectivity index (χ1) is 13.4. The SMILES string of the molecule is CCCC(C)CNOC(=O)C(CC(C)CCC)n1cnc2c(=O)[nH]c(=O)[nH]c21. The lowest BCUT2D eigenvalue weighted by atomic mass is 9.97. The van der Waals surface area contributed by atoms with E-state index in [4.69, 9.17) is 4.84 Å². The zero-order valence-electron chi connectivity index (χ0n) is 17.1. The molecule has 0 saturated carbocycles. The summed E-state index contributed by atoms with van der Waals surface area (Å²) >= 11 is 0. The molecular weight excluding hydrogens is 362 g/mol. The monoisotopic (exact) mass is 393 g/mol. The van der Waals surface area contributed by atoms with Gasteiger partial charge < -0.3 is 9.40 Å². The Morgan fingerprint density at radius 3 is 2.54 bits per heavy atom. The summed E-state index contributed by atoms with van der Waals surface area (Å²) in [7, 11) is 0. The summed E-state index contributed by atoms with van der Waals surface area (Å²) in [6.07, 6.45) is 5.97. The van der Waals surface area contributed by atoms with Gasteiger partial charge in [-0.25, -0.2) is 14.6 Å². The molecule has 9 nitrogen and oxygen atoms in total. The molecule has 0 aliphatic heterocycles. The molecule has 0 spiro atoms. The summed E-state index contributed by atoms with van der Waals surface area (Å²) in [5.41, 5.74) is 1.85. The first kappa shape index (κ1) is 21.9. The molecule has 0 amide bonds. The van der Waals surface area contributed by atoms with Gasteiger partial charge in [-0.2, -0.15) is 5.48 Å². The van der Waals surface area contributed by atoms with Crippen molar-refractivity contribution in [2.75, 3.05) is 6.54 Å². The second-order valence-corrected chi connectivity index (χ2v) is 7.57. The number of carbonyl (C=O) groups excluding carboxylic acids is 1. The highest BCUT2D eigenvalue weighted by molar-refractivity contribution is 5.77. The number of imidazole rings is 1. The molecule has 2 aromatic heterocycles. The van der Waals surface area contributed by atoms with E-state index in [0.717, 1.165) is 25.7 Å². The smallest absolute Gasteiger partial charge is 0.347 e. The first-order valence-electron chi connectivity index (χ1n) is 9.99. The van der Waals surface area contributed by atoms with Crippen LogP contribution in [0.1, 0.15) is 65.8 Å². The Labute approximate surface area is 163 Å². The Morgan fingerprint density at radius 2 is 1.86 bits per heavy atom. The quantitative estimate of drug-likeness (QED) is 0.503. The lowest BCUT2D eigenvalue weighted by molar-refractivity contribution is -0.156. The third-order valence-electron chi connectivity index (χ3n) is 4.87. The van der Waals surface area contributed by atoms with Crippen molar-refractivity contribution in [2.24, 2.45) is 11.8 Å². The molecule has 0 saturated heterocycles. The Bertz CT molecular complexity index is 884. The minimum Gasteiger partial charge on any atom is -0.369 e. The molecule has 0 aromatic carbocycles. The van der Waals surface area contributed by atoms with E-state index in [1.54, 1.807) is 0 Å². The molecule has 2 heterocycles. The Balaban J connectivity index is 2.26. The number of hydrogen-bond acceptors (Lipinski definition) is 6. The fraction of sp³-hybridized carbons (Fsp3) is 0.684. The van der Waals surface area contributed by atoms with Crippen molar-refractivity contribution in [3.8, 4) is 0 Å². The van der Waals surface area contributed by atoms with E-state index < -0.39 is 23.3 Å². The predicted octanol–water partition coefficient (Wildman–Crippen LogP) is 2.26. The average Bonchev–Trinajstić information content (AvgIpc) is 3.04. The van der Waals surface area contributed by atoms with E-state index in [0.29, 0.717) is 18.9 Å². The van der Waals surface area contributed by atoms with Crippen molar-refractivity contribution < 1.29 is 9.63 Å². The third kappa shape index (κ3) is 5.54. The highest BCUT2D eigenvalue weighted by Gasteiger charge is 2.27. The van der Waals surface area contributed by atoms with E-state index in [9.17, 15) is 14.4 Å². The van der Waals surface area contributed by atoms with Crippen LogP contribution in [0.15, 0.2) is 15.9 Å². The summed E-state index contributed by atoms with van der Waals surface area (Å²) in [4.78, 5) is 50.6. The van der Waals surface area contributed by atoms with Crippen LogP contribution in [0.4, 0.5) is 0 Å². The number of rotatable bonds is 11. The molecule has 0 radical (unpaired) electrons. The minimum absolute atomic E-state index is 0.0880. The zero-order chi connectivity index (χ0) is 20.7. The molecule has 2 rings (SSSR count). The van der Waals surface area contributed by atoms with Gasteiger partial charge in [0.05, 0.1) is 6.33 Å². The van der Waals surface area contributed by atoms with Gasteiger partial charge in [0.25, 0.3) is 5.56 Å². The van der Waals surface area contributed by atoms with Gasteiger partial charge in [-0.05, 0) is 24.7 Å². The molecule has 0 bridgehead atoms. The maximum absolute atomic E-state index is 12.8. The van der Waals surface area contributed by atoms with Gasteiger partial charge in [0.15, 0.2) is 5.52 Å². The number of fused-ring (bicyclic) bond motifs is 1. The Morgan fingerprint density at radius 1 is 1.18 bits per heavy atom. The topological polar surface area (TPSA) is 122 Å². The van der Waals surface area contributed by atoms with Crippen LogP contribution in [0, 0.1) is 11.8 Å². The highest BCUT2D eigenvalue weighted by atomic mass is 16.7. The lowest BCUT2D eigenvalue weighted by Gasteiger charge is -2.21. The van der Waals surface area contributed by atoms with Crippen LogP contribution in [0.25, 0.3) is 11.2 Å². The Hall–Kier alpha value is -2.42. The summed E-state index contributed by atoms with van der Waals surface area (Å²) in [6, 6.07) is -0.696. The molecule has 2 aromatic rings. The third-order valence-corrected chi connectivity index (χ3v) is 4.87. The molecule has 3 atom stereocenters. The molecule has 156 valence electrons. The molecule has 9 heteroatoms. The number of carbonyl (C=O) groups is 1. The number of aromatic amines is 2. The fourth-order valence-corrected chi connectivity index (χ4v) is 3.42. The first-order valence-corrected chi connectivity index (χ1v) is 9.99. The fourth-order valence-electron chi connectivity index (χ4n) is 3.42. The maximum atomic E-state index is 12.8. The van der Waals surface area contributed by atoms with Gasteiger partial charge in [-0.3, -0.25) is 14.8 Å². The largest absolute Gasteiger partial charge is 0.369 e. The number of nitrogens with zero attached hydrogens (tertiary/aromatic N) is 2. The number of nitrogens with one attached hydrogen (secondary N) is 3. The number of hydrogen-bond donors (Lipinski definition) is 3. The average molecular weight is 393 g/mol. The van der Waals surface area contributed by atoms with Gasteiger partial charge in [-0.1, -0.05) is 47.0 Å². The second kappa shape index (κ2) is 10.2. The Kier molecular flexibility index (Phi) is 7.98. The summed E-state index contributed by atoms with van der Waals surface area (Å²) in [5, 5.41) is 0. The van der Waals surface area contributed by atoms with Gasteiger partial charge in [-0.15, -0.1) is 0 Å². The van der Waals surface area contributed by atoms with Crippen molar-refractivity contribution in [2.45, 2.75) is 65.8 Å². The van der Waals surface area contributed by atoms with Gasteiger partial charge in [0, 0.05) is 6.54 Å². The van der Waals surface area contributed by atoms with Crippen LogP contribution >= 0.6 is 0 Å². The molecule has 3 N–H and O–H groups in total. The van der Waals surface area contributed by atoms with Crippen molar-refractivity contribution in [1.29, 1.82) is 0 Å². The van der Waals surface area contributed by atoms with Crippen molar-refractivity contribution in [3.63, 3.8) is 0 Å². The highest BCUT2D eigenvalue weighted by Crippen LogP contribution is 2.24. The maximum Gasteiger partial charge on any atom is 0.347 e. The van der Waals surface area contributed by atoms with E-state index in [-0.39, 0.29) is 17.1 Å². The van der Waals surface area contributed by atoms with Crippen LogP contribution in [0.2, 0.25) is 0 Å². The number of hydroxylamine groups is 1. The van der Waals surface area contributed by atoms with Gasteiger partial charge >= 0.3 is 11.7 Å². The second-order valence-electron chi connectivity index (χ2n) is 7.57. The van der Waals surface area contributed by atoms with Crippen LogP contribution < -0.4 is 16.7 Å². The molecule has 0 aliphatic rings. The van der Waals surface area contributed by atoms with E-state index in [1.165, 1.54) is 10.9 Å². The van der Waals surface area contributed by atoms with Crippen LogP contribution in [0.3, 0.4) is 0 Å². The summed E-state index contributed by atoms with van der Waals surface area (Å²) in [6.45, 7) is 8.92. The summed E-state index contributed by atoms with van der Waals surface area (Å²) in [5.74, 6) is 0.180. The van der Waals surface area contributed by atoms with Gasteiger partial charge in [0.1, 0.15) is 11.7 Å². The van der Waals surface area contributed by atoms with E-state index in [2.05, 4.69) is 48.1 Å². The zero-order valence-corrected chi connectivity index (χ0v) is 17.1. The van der Waals surface area contributed by atoms with Crippen LogP contribution in [-0.4, -0.2) is 32.0 Å². The normalized spacial score (nSPS) is 14.7. The number of H-pyrrole nitrogens is 2. The van der Waals surface area contributed by atoms with Crippen molar-refractivity contribution >= 4 is 17.1 Å². The molecule has 0 fully saturated rings. The summed E-state index contributed by atoms with van der Waals surface area (Å²) < 4.78 is 1.53. The van der Waals surface area contributed by atoms with Crippen molar-refractivity contribution in [3.05, 3.63) is 27.2 Å². The molecule has 0 aliphatic carbocycles. The molecule has 28 heavy (non-hydrogen) atoms. The van der Waals surface area contributed by atoms with Crippen molar-refractivity contribution in [1.82, 2.24) is 25.0 Å². The lowest BCUT2D eigenvalue weighted by Crippen LogP contribution is -2.32. The van der Waals surface area contributed by atoms with E-state index in [1.807, 2.05) is 0 Å². The standard InChI is InChI=1S/C19H31N5O4/c1-5-7-12(3)9-14(18(26)28-21-10-13(4)8-6-2)24-11-20-15-16(24)22-19(27)23-17(15)25/h11-14,21H,5-10H2,1-4H3,(H2,22,23,25,27). The van der Waals surface area contributed by atoms with Crippen LogP contribution in [-0.2, 0) is 9.63 Å². The predicted molar refractivity (Wildman–Crippen MR) is 107 cm³/mol. The molecular formula is C19H31N5O4. The van der Waals surface area contributed by atoms with Gasteiger partial charge in [0.2, 0.25) is 0 Å².